The highest BCUT2D eigenvalue weighted by Gasteiger charge is 2.17. The molecule has 0 aliphatic heterocycles. The van der Waals surface area contributed by atoms with Crippen molar-refractivity contribution in [2.24, 2.45) is 0 Å². The quantitative estimate of drug-likeness (QED) is 0.781. The number of benzene rings is 1. The van der Waals surface area contributed by atoms with E-state index in [1.165, 1.54) is 4.57 Å². The number of nitrogens with zero attached hydrogens (tertiary/aromatic N) is 2. The zero-order chi connectivity index (χ0) is 16.8. The lowest BCUT2D eigenvalue weighted by Gasteiger charge is -2.24. The second kappa shape index (κ2) is 7.64. The average molecular weight is 318 g/mol. The normalized spacial score (nSPS) is 10.7. The van der Waals surface area contributed by atoms with Gasteiger partial charge < -0.3 is 15.4 Å². The molecule has 1 heterocycles. The Kier molecular flexibility index (Phi) is 5.59. The maximum Gasteiger partial charge on any atom is 0.330 e. The van der Waals surface area contributed by atoms with Crippen LogP contribution in [0.15, 0.2) is 39.9 Å². The Hall–Kier alpha value is -2.54. The van der Waals surface area contributed by atoms with Crippen molar-refractivity contribution < 1.29 is 4.74 Å². The van der Waals surface area contributed by atoms with Gasteiger partial charge in [0.25, 0.3) is 5.56 Å². The minimum absolute atomic E-state index is 0.167. The molecule has 2 aromatic rings. The van der Waals surface area contributed by atoms with Gasteiger partial charge in [-0.3, -0.25) is 14.3 Å². The molecule has 0 fully saturated rings. The number of H-pyrrole nitrogens is 1. The van der Waals surface area contributed by atoms with Crippen LogP contribution in [0.3, 0.4) is 0 Å². The molecule has 0 spiro atoms. The summed E-state index contributed by atoms with van der Waals surface area (Å²) in [6.07, 6.45) is 0. The van der Waals surface area contributed by atoms with Crippen LogP contribution in [0, 0.1) is 0 Å². The first-order chi connectivity index (χ1) is 11.1. The number of ether oxygens (including phenoxy) is 1. The highest BCUT2D eigenvalue weighted by Crippen LogP contribution is 2.17. The molecule has 0 saturated carbocycles. The van der Waals surface area contributed by atoms with Crippen LogP contribution >= 0.6 is 0 Å². The van der Waals surface area contributed by atoms with E-state index in [4.69, 9.17) is 10.5 Å². The largest absolute Gasteiger partial charge is 0.383 e. The summed E-state index contributed by atoms with van der Waals surface area (Å²) >= 11 is 0. The van der Waals surface area contributed by atoms with Crippen molar-refractivity contribution in [3.63, 3.8) is 0 Å². The molecule has 0 amide bonds. The van der Waals surface area contributed by atoms with Crippen LogP contribution in [0.5, 0.6) is 0 Å². The fourth-order valence-corrected chi connectivity index (χ4v) is 2.44. The van der Waals surface area contributed by atoms with Crippen LogP contribution in [-0.2, 0) is 11.3 Å². The van der Waals surface area contributed by atoms with Gasteiger partial charge in [-0.25, -0.2) is 4.79 Å². The van der Waals surface area contributed by atoms with Crippen LogP contribution in [0.4, 0.5) is 11.5 Å². The Morgan fingerprint density at radius 1 is 1.26 bits per heavy atom. The second-order valence-corrected chi connectivity index (χ2v) is 5.14. The number of likely N-dealkylation sites (N-methyl/N-ethyl adjacent to an activating group) is 1. The molecule has 7 heteroatoms. The standard InChI is InChI=1S/C16H22N4O3/c1-3-19(9-10-23-2)13-14(17)20(16(22)18-15(13)21)11-12-7-5-4-6-8-12/h4-8H,3,9-11,17H2,1-2H3,(H,18,21,22). The third-order valence-electron chi connectivity index (χ3n) is 3.66. The van der Waals surface area contributed by atoms with Gasteiger partial charge in [-0.1, -0.05) is 30.3 Å². The summed E-state index contributed by atoms with van der Waals surface area (Å²) < 4.78 is 6.44. The van der Waals surface area contributed by atoms with Crippen LogP contribution in [0.2, 0.25) is 0 Å². The fraction of sp³-hybridized carbons (Fsp3) is 0.375. The summed E-state index contributed by atoms with van der Waals surface area (Å²) in [5, 5.41) is 0. The number of nitrogen functional groups attached to an aromatic ring is 1. The third-order valence-corrected chi connectivity index (χ3v) is 3.66. The lowest BCUT2D eigenvalue weighted by Crippen LogP contribution is -2.39. The number of nitrogens with one attached hydrogen (secondary N) is 1. The molecule has 0 aliphatic rings. The third kappa shape index (κ3) is 3.81. The van der Waals surface area contributed by atoms with Crippen molar-refractivity contribution >= 4 is 11.5 Å². The number of nitrogens with two attached hydrogens (primary N) is 1. The lowest BCUT2D eigenvalue weighted by molar-refractivity contribution is 0.205. The highest BCUT2D eigenvalue weighted by molar-refractivity contribution is 5.62. The molecule has 3 N–H and O–H groups in total. The van der Waals surface area contributed by atoms with E-state index in [1.54, 1.807) is 12.0 Å². The Bertz CT molecular complexity index is 752. The van der Waals surface area contributed by atoms with Gasteiger partial charge >= 0.3 is 5.69 Å². The SMILES string of the molecule is CCN(CCOC)c1c(N)n(Cc2ccccc2)c(=O)[nH]c1=O. The molecule has 0 unspecified atom stereocenters. The topological polar surface area (TPSA) is 93.3 Å². The van der Waals surface area contributed by atoms with Crippen molar-refractivity contribution in [2.45, 2.75) is 13.5 Å². The second-order valence-electron chi connectivity index (χ2n) is 5.14. The number of methoxy groups -OCH3 is 1. The Morgan fingerprint density at radius 3 is 2.57 bits per heavy atom. The van der Waals surface area contributed by atoms with Crippen molar-refractivity contribution in [2.75, 3.05) is 37.4 Å². The highest BCUT2D eigenvalue weighted by atomic mass is 16.5. The van der Waals surface area contributed by atoms with Crippen molar-refractivity contribution in [3.05, 3.63) is 56.7 Å². The number of aromatic nitrogens is 2. The van der Waals surface area contributed by atoms with Gasteiger partial charge in [0.05, 0.1) is 13.2 Å². The number of anilines is 2. The van der Waals surface area contributed by atoms with Gasteiger partial charge in [0.2, 0.25) is 0 Å². The zero-order valence-electron chi connectivity index (χ0n) is 13.4. The van der Waals surface area contributed by atoms with E-state index in [-0.39, 0.29) is 5.82 Å². The summed E-state index contributed by atoms with van der Waals surface area (Å²) in [6.45, 7) is 3.78. The molecule has 124 valence electrons. The van der Waals surface area contributed by atoms with Crippen LogP contribution in [-0.4, -0.2) is 36.4 Å². The number of rotatable bonds is 7. The maximum absolute atomic E-state index is 12.2. The lowest BCUT2D eigenvalue weighted by atomic mass is 10.2. The van der Waals surface area contributed by atoms with Gasteiger partial charge in [0.1, 0.15) is 11.5 Å². The van der Waals surface area contributed by atoms with Crippen molar-refractivity contribution in [1.29, 1.82) is 0 Å². The van der Waals surface area contributed by atoms with E-state index in [0.29, 0.717) is 31.9 Å². The van der Waals surface area contributed by atoms with Crippen molar-refractivity contribution in [3.8, 4) is 0 Å². The number of aromatic amines is 1. The van der Waals surface area contributed by atoms with Gasteiger partial charge in [0.15, 0.2) is 0 Å². The first-order valence-corrected chi connectivity index (χ1v) is 7.48. The molecule has 2 rings (SSSR count). The summed E-state index contributed by atoms with van der Waals surface area (Å²) in [4.78, 5) is 28.5. The van der Waals surface area contributed by atoms with E-state index < -0.39 is 11.2 Å². The minimum Gasteiger partial charge on any atom is -0.383 e. The monoisotopic (exact) mass is 318 g/mol. The van der Waals surface area contributed by atoms with E-state index in [2.05, 4.69) is 4.98 Å². The number of hydrogen-bond acceptors (Lipinski definition) is 5. The molecule has 23 heavy (non-hydrogen) atoms. The van der Waals surface area contributed by atoms with E-state index in [1.807, 2.05) is 37.3 Å². The molecule has 0 bridgehead atoms. The molecule has 1 aromatic heterocycles. The molecular weight excluding hydrogens is 296 g/mol. The molecule has 1 aromatic carbocycles. The van der Waals surface area contributed by atoms with Gasteiger partial charge in [-0.15, -0.1) is 0 Å². The smallest absolute Gasteiger partial charge is 0.330 e. The summed E-state index contributed by atoms with van der Waals surface area (Å²) in [5.41, 5.74) is 6.39. The van der Waals surface area contributed by atoms with E-state index in [9.17, 15) is 9.59 Å². The molecule has 0 aliphatic carbocycles. The van der Waals surface area contributed by atoms with Gasteiger partial charge in [-0.2, -0.15) is 0 Å². The minimum atomic E-state index is -0.511. The summed E-state index contributed by atoms with van der Waals surface area (Å²) in [7, 11) is 1.59. The predicted octanol–water partition coefficient (Wildman–Crippen LogP) is 0.640. The van der Waals surface area contributed by atoms with Crippen LogP contribution in [0.25, 0.3) is 0 Å². The predicted molar refractivity (Wildman–Crippen MR) is 91.0 cm³/mol. The molecule has 0 radical (unpaired) electrons. The average Bonchev–Trinajstić information content (AvgIpc) is 2.55. The zero-order valence-corrected chi connectivity index (χ0v) is 13.4. The van der Waals surface area contributed by atoms with Crippen LogP contribution < -0.4 is 21.9 Å². The summed E-state index contributed by atoms with van der Waals surface area (Å²) in [6, 6.07) is 9.48. The Morgan fingerprint density at radius 2 is 1.96 bits per heavy atom. The van der Waals surface area contributed by atoms with E-state index >= 15 is 0 Å². The molecule has 0 saturated heterocycles. The summed E-state index contributed by atoms with van der Waals surface area (Å²) in [5.74, 6) is 0.167. The first-order valence-electron chi connectivity index (χ1n) is 7.48. The van der Waals surface area contributed by atoms with E-state index in [0.717, 1.165) is 5.56 Å². The Balaban J connectivity index is 2.46. The maximum atomic E-state index is 12.2. The molecule has 0 atom stereocenters. The Labute approximate surface area is 134 Å². The van der Waals surface area contributed by atoms with Gasteiger partial charge in [0, 0.05) is 20.2 Å². The number of hydrogen-bond donors (Lipinski definition) is 2. The first kappa shape index (κ1) is 16.8. The van der Waals surface area contributed by atoms with Crippen molar-refractivity contribution in [1.82, 2.24) is 9.55 Å². The fourth-order valence-electron chi connectivity index (χ4n) is 2.44. The molecular formula is C16H22N4O3. The van der Waals surface area contributed by atoms with Gasteiger partial charge in [-0.05, 0) is 12.5 Å². The van der Waals surface area contributed by atoms with Crippen LogP contribution in [0.1, 0.15) is 12.5 Å². The molecule has 7 nitrogen and oxygen atoms in total.